The minimum atomic E-state index is -0.612. The first kappa shape index (κ1) is 14.5. The number of carbonyl (C=O) groups is 1. The van der Waals surface area contributed by atoms with Crippen molar-refractivity contribution in [1.29, 1.82) is 0 Å². The van der Waals surface area contributed by atoms with E-state index in [0.717, 1.165) is 0 Å². The van der Waals surface area contributed by atoms with Crippen LogP contribution in [0.4, 0.5) is 11.5 Å². The van der Waals surface area contributed by atoms with Crippen molar-refractivity contribution in [3.05, 3.63) is 46.6 Å². The van der Waals surface area contributed by atoms with E-state index in [2.05, 4.69) is 10.4 Å². The molecule has 1 amide bonds. The lowest BCUT2D eigenvalue weighted by molar-refractivity contribution is -0.389. The summed E-state index contributed by atoms with van der Waals surface area (Å²) in [7, 11) is 0. The molecule has 0 aliphatic heterocycles. The number of para-hydroxylation sites is 2. The molecule has 0 unspecified atom stereocenters. The third-order valence-corrected chi connectivity index (χ3v) is 2.58. The average Bonchev–Trinajstić information content (AvgIpc) is 2.90. The van der Waals surface area contributed by atoms with Crippen molar-refractivity contribution in [2.45, 2.75) is 13.5 Å². The predicted molar refractivity (Wildman–Crippen MR) is 75.1 cm³/mol. The van der Waals surface area contributed by atoms with Gasteiger partial charge in [-0.15, -0.1) is 0 Å². The highest BCUT2D eigenvalue weighted by Gasteiger charge is 2.14. The van der Waals surface area contributed by atoms with Crippen LogP contribution in [0.25, 0.3) is 0 Å². The summed E-state index contributed by atoms with van der Waals surface area (Å²) in [4.78, 5) is 21.8. The fourth-order valence-corrected chi connectivity index (χ4v) is 1.72. The van der Waals surface area contributed by atoms with Crippen LogP contribution in [0.2, 0.25) is 0 Å². The summed E-state index contributed by atoms with van der Waals surface area (Å²) < 4.78 is 6.60. The predicted octanol–water partition coefficient (Wildman–Crippen LogP) is 1.83. The van der Waals surface area contributed by atoms with E-state index < -0.39 is 4.92 Å². The van der Waals surface area contributed by atoms with Gasteiger partial charge in [0.2, 0.25) is 5.91 Å². The van der Waals surface area contributed by atoms with E-state index in [4.69, 9.17) is 4.74 Å². The summed E-state index contributed by atoms with van der Waals surface area (Å²) in [6.45, 7) is 2.22. The number of carbonyl (C=O) groups excluding carboxylic acids is 1. The largest absolute Gasteiger partial charge is 0.492 e. The topological polar surface area (TPSA) is 99.3 Å². The molecule has 8 nitrogen and oxygen atoms in total. The number of rotatable bonds is 6. The van der Waals surface area contributed by atoms with Gasteiger partial charge in [0.05, 0.1) is 29.7 Å². The zero-order valence-corrected chi connectivity index (χ0v) is 11.4. The summed E-state index contributed by atoms with van der Waals surface area (Å²) >= 11 is 0. The van der Waals surface area contributed by atoms with Crippen LogP contribution in [-0.2, 0) is 11.3 Å². The zero-order valence-electron chi connectivity index (χ0n) is 11.4. The highest BCUT2D eigenvalue weighted by atomic mass is 16.6. The molecule has 21 heavy (non-hydrogen) atoms. The second-order valence-corrected chi connectivity index (χ2v) is 4.11. The van der Waals surface area contributed by atoms with E-state index in [9.17, 15) is 14.9 Å². The summed E-state index contributed by atoms with van der Waals surface area (Å²) in [6, 6.07) is 8.28. The molecule has 1 heterocycles. The zero-order chi connectivity index (χ0) is 15.2. The van der Waals surface area contributed by atoms with Crippen LogP contribution < -0.4 is 10.1 Å². The fraction of sp³-hybridized carbons (Fsp3) is 0.231. The van der Waals surface area contributed by atoms with Gasteiger partial charge in [-0.25, -0.2) is 0 Å². The third kappa shape index (κ3) is 3.78. The molecular formula is C13H14N4O4. The monoisotopic (exact) mass is 290 g/mol. The number of hydrogen-bond acceptors (Lipinski definition) is 5. The standard InChI is InChI=1S/C13H14N4O4/c1-2-21-11-6-4-3-5-10(11)14-13(18)9-16-8-7-12(15-16)17(19)20/h3-8H,2,9H2,1H3,(H,14,18). The van der Waals surface area contributed by atoms with E-state index in [1.165, 1.54) is 16.9 Å². The molecule has 2 rings (SSSR count). The van der Waals surface area contributed by atoms with E-state index in [0.29, 0.717) is 18.0 Å². The Bertz CT molecular complexity index is 653. The molecule has 1 N–H and O–H groups in total. The van der Waals surface area contributed by atoms with Gasteiger partial charge in [0.15, 0.2) is 0 Å². The molecule has 0 bridgehead atoms. The van der Waals surface area contributed by atoms with Crippen LogP contribution >= 0.6 is 0 Å². The molecule has 0 fully saturated rings. The van der Waals surface area contributed by atoms with Crippen molar-refractivity contribution in [2.75, 3.05) is 11.9 Å². The van der Waals surface area contributed by atoms with Gasteiger partial charge >= 0.3 is 5.82 Å². The van der Waals surface area contributed by atoms with Gasteiger partial charge in [0.1, 0.15) is 12.3 Å². The second-order valence-electron chi connectivity index (χ2n) is 4.11. The SMILES string of the molecule is CCOc1ccccc1NC(=O)Cn1ccc([N+](=O)[O-])n1. The molecule has 2 aromatic rings. The number of benzene rings is 1. The van der Waals surface area contributed by atoms with Gasteiger partial charge in [-0.2, -0.15) is 4.68 Å². The first-order chi connectivity index (χ1) is 10.1. The Balaban J connectivity index is 2.02. The van der Waals surface area contributed by atoms with Gasteiger partial charge in [0, 0.05) is 0 Å². The molecule has 0 aliphatic rings. The number of nitrogens with one attached hydrogen (secondary N) is 1. The number of nitro groups is 1. The van der Waals surface area contributed by atoms with Gasteiger partial charge in [0.25, 0.3) is 0 Å². The van der Waals surface area contributed by atoms with Gasteiger partial charge in [-0.3, -0.25) is 4.79 Å². The van der Waals surface area contributed by atoms with Crippen LogP contribution in [0.5, 0.6) is 5.75 Å². The first-order valence-electron chi connectivity index (χ1n) is 6.29. The van der Waals surface area contributed by atoms with E-state index in [1.807, 2.05) is 6.92 Å². The number of aromatic nitrogens is 2. The maximum atomic E-state index is 11.9. The van der Waals surface area contributed by atoms with E-state index in [-0.39, 0.29) is 18.3 Å². The minimum absolute atomic E-state index is 0.117. The van der Waals surface area contributed by atoms with E-state index in [1.54, 1.807) is 24.3 Å². The van der Waals surface area contributed by atoms with Crippen LogP contribution in [0.15, 0.2) is 36.5 Å². The fourth-order valence-electron chi connectivity index (χ4n) is 1.72. The Morgan fingerprint density at radius 2 is 2.19 bits per heavy atom. The van der Waals surface area contributed by atoms with Crippen LogP contribution in [0, 0.1) is 10.1 Å². The first-order valence-corrected chi connectivity index (χ1v) is 6.29. The molecule has 0 atom stereocenters. The molecule has 0 spiro atoms. The average molecular weight is 290 g/mol. The number of anilines is 1. The van der Waals surface area contributed by atoms with Crippen molar-refractivity contribution >= 4 is 17.4 Å². The van der Waals surface area contributed by atoms with Crippen LogP contribution in [0.1, 0.15) is 6.92 Å². The summed E-state index contributed by atoms with van der Waals surface area (Å²) in [5, 5.41) is 16.9. The van der Waals surface area contributed by atoms with Crippen molar-refractivity contribution in [2.24, 2.45) is 0 Å². The number of ether oxygens (including phenoxy) is 1. The highest BCUT2D eigenvalue weighted by Crippen LogP contribution is 2.23. The lowest BCUT2D eigenvalue weighted by Gasteiger charge is -2.10. The van der Waals surface area contributed by atoms with Crippen molar-refractivity contribution in [3.8, 4) is 5.75 Å². The van der Waals surface area contributed by atoms with Crippen molar-refractivity contribution in [3.63, 3.8) is 0 Å². The molecule has 1 aromatic heterocycles. The summed E-state index contributed by atoms with van der Waals surface area (Å²) in [5.74, 6) is -0.0718. The van der Waals surface area contributed by atoms with Crippen LogP contribution in [-0.4, -0.2) is 27.2 Å². The lowest BCUT2D eigenvalue weighted by atomic mass is 10.3. The Hall–Kier alpha value is -2.90. The van der Waals surface area contributed by atoms with Gasteiger partial charge in [-0.1, -0.05) is 12.1 Å². The smallest absolute Gasteiger partial charge is 0.389 e. The quantitative estimate of drug-likeness (QED) is 0.646. The molecule has 0 aliphatic carbocycles. The van der Waals surface area contributed by atoms with Crippen molar-refractivity contribution in [1.82, 2.24) is 9.78 Å². The van der Waals surface area contributed by atoms with Crippen molar-refractivity contribution < 1.29 is 14.5 Å². The van der Waals surface area contributed by atoms with Gasteiger partial charge in [-0.05, 0) is 24.0 Å². The molecule has 0 saturated carbocycles. The maximum absolute atomic E-state index is 11.9. The number of amides is 1. The molecule has 8 heteroatoms. The summed E-state index contributed by atoms with van der Waals surface area (Å²) in [6.07, 6.45) is 1.38. The number of hydrogen-bond donors (Lipinski definition) is 1. The maximum Gasteiger partial charge on any atom is 0.389 e. The molecule has 0 saturated heterocycles. The molecule has 1 aromatic carbocycles. The summed E-state index contributed by atoms with van der Waals surface area (Å²) in [5.41, 5.74) is 0.547. The minimum Gasteiger partial charge on any atom is -0.492 e. The number of nitrogens with zero attached hydrogens (tertiary/aromatic N) is 3. The molecule has 110 valence electrons. The third-order valence-electron chi connectivity index (χ3n) is 2.58. The molecule has 0 radical (unpaired) electrons. The normalized spacial score (nSPS) is 10.1. The van der Waals surface area contributed by atoms with Gasteiger partial charge < -0.3 is 20.2 Å². The second kappa shape index (κ2) is 6.51. The Kier molecular flexibility index (Phi) is 4.50. The Labute approximate surface area is 120 Å². The Morgan fingerprint density at radius 3 is 2.86 bits per heavy atom. The Morgan fingerprint density at radius 1 is 1.43 bits per heavy atom. The van der Waals surface area contributed by atoms with E-state index >= 15 is 0 Å². The molecular weight excluding hydrogens is 276 g/mol. The van der Waals surface area contributed by atoms with Crippen LogP contribution in [0.3, 0.4) is 0 Å². The lowest BCUT2D eigenvalue weighted by Crippen LogP contribution is -2.19. The highest BCUT2D eigenvalue weighted by molar-refractivity contribution is 5.92.